The Bertz CT molecular complexity index is 868. The smallest absolute Gasteiger partial charge is 0.258 e. The molecule has 126 valence electrons. The van der Waals surface area contributed by atoms with Crippen LogP contribution in [-0.4, -0.2) is 20.9 Å². The highest BCUT2D eigenvalue weighted by Crippen LogP contribution is 2.23. The van der Waals surface area contributed by atoms with Crippen LogP contribution in [0, 0.1) is 6.92 Å². The minimum atomic E-state index is -0.290. The molecule has 2 aromatic heterocycles. The zero-order valence-electron chi connectivity index (χ0n) is 13.5. The van der Waals surface area contributed by atoms with Gasteiger partial charge >= 0.3 is 0 Å². The Kier molecular flexibility index (Phi) is 5.20. The highest BCUT2D eigenvalue weighted by atomic mass is 35.5. The highest BCUT2D eigenvalue weighted by Gasteiger charge is 2.10. The molecule has 2 heterocycles. The fourth-order valence-corrected chi connectivity index (χ4v) is 2.32. The lowest BCUT2D eigenvalue weighted by Crippen LogP contribution is -2.14. The van der Waals surface area contributed by atoms with Crippen molar-refractivity contribution in [3.63, 3.8) is 0 Å². The molecule has 0 spiro atoms. The van der Waals surface area contributed by atoms with Gasteiger partial charge in [0.1, 0.15) is 0 Å². The zero-order valence-corrected chi connectivity index (χ0v) is 14.3. The van der Waals surface area contributed by atoms with Gasteiger partial charge in [-0.15, -0.1) is 0 Å². The molecule has 0 saturated heterocycles. The molecule has 2 N–H and O–H groups in total. The summed E-state index contributed by atoms with van der Waals surface area (Å²) in [5.41, 5.74) is 2.72. The van der Waals surface area contributed by atoms with E-state index < -0.39 is 0 Å². The number of aromatic nitrogens is 3. The number of rotatable bonds is 5. The fraction of sp³-hybridized carbons (Fsp3) is 0.111. The Morgan fingerprint density at radius 1 is 1.08 bits per heavy atom. The average molecular weight is 354 g/mol. The quantitative estimate of drug-likeness (QED) is 0.731. The first-order valence-corrected chi connectivity index (χ1v) is 8.03. The number of carbonyl (C=O) groups excluding carboxylic acids is 1. The monoisotopic (exact) mass is 353 g/mol. The lowest BCUT2D eigenvalue weighted by Gasteiger charge is -2.09. The molecule has 0 saturated carbocycles. The van der Waals surface area contributed by atoms with Gasteiger partial charge in [-0.05, 0) is 36.8 Å². The normalized spacial score (nSPS) is 10.3. The Balaban J connectivity index is 1.63. The van der Waals surface area contributed by atoms with Gasteiger partial charge in [0.15, 0.2) is 0 Å². The lowest BCUT2D eigenvalue weighted by atomic mass is 10.2. The van der Waals surface area contributed by atoms with E-state index in [4.69, 9.17) is 11.6 Å². The Hall–Kier alpha value is -2.99. The van der Waals surface area contributed by atoms with E-state index in [1.165, 1.54) is 12.4 Å². The summed E-state index contributed by atoms with van der Waals surface area (Å²) in [7, 11) is 0. The molecule has 0 fully saturated rings. The molecule has 6 nitrogen and oxygen atoms in total. The predicted octanol–water partition coefficient (Wildman–Crippen LogP) is 3.70. The Morgan fingerprint density at radius 3 is 2.60 bits per heavy atom. The van der Waals surface area contributed by atoms with E-state index in [0.717, 1.165) is 11.3 Å². The fourth-order valence-electron chi connectivity index (χ4n) is 2.15. The van der Waals surface area contributed by atoms with Crippen molar-refractivity contribution in [2.45, 2.75) is 13.5 Å². The van der Waals surface area contributed by atoms with Crippen LogP contribution in [0.1, 0.15) is 21.6 Å². The first-order valence-electron chi connectivity index (χ1n) is 7.66. The van der Waals surface area contributed by atoms with Crippen molar-refractivity contribution < 1.29 is 4.79 Å². The van der Waals surface area contributed by atoms with Crippen LogP contribution >= 0.6 is 11.6 Å². The number of amides is 1. The van der Waals surface area contributed by atoms with E-state index in [0.29, 0.717) is 28.8 Å². The maximum Gasteiger partial charge on any atom is 0.258 e. The van der Waals surface area contributed by atoms with Crippen LogP contribution in [0.5, 0.6) is 0 Å². The summed E-state index contributed by atoms with van der Waals surface area (Å²) in [4.78, 5) is 24.8. The first-order chi connectivity index (χ1) is 12.1. The molecule has 0 aliphatic rings. The van der Waals surface area contributed by atoms with E-state index in [2.05, 4.69) is 25.6 Å². The van der Waals surface area contributed by atoms with Crippen LogP contribution in [-0.2, 0) is 6.54 Å². The van der Waals surface area contributed by atoms with Crippen LogP contribution < -0.4 is 10.6 Å². The number of benzene rings is 1. The van der Waals surface area contributed by atoms with Crippen molar-refractivity contribution in [1.29, 1.82) is 0 Å². The number of pyridine rings is 1. The molecule has 25 heavy (non-hydrogen) atoms. The van der Waals surface area contributed by atoms with Crippen LogP contribution in [0.3, 0.4) is 0 Å². The molecule has 0 aliphatic carbocycles. The van der Waals surface area contributed by atoms with Gasteiger partial charge in [0, 0.05) is 29.3 Å². The molecular weight excluding hydrogens is 338 g/mol. The van der Waals surface area contributed by atoms with Gasteiger partial charge in [0.2, 0.25) is 5.95 Å². The maximum absolute atomic E-state index is 12.3. The number of nitrogens with one attached hydrogen (secondary N) is 2. The van der Waals surface area contributed by atoms with Crippen molar-refractivity contribution in [2.75, 3.05) is 10.6 Å². The summed E-state index contributed by atoms with van der Waals surface area (Å²) in [5.74, 6) is 0.141. The summed E-state index contributed by atoms with van der Waals surface area (Å²) in [6, 6.07) is 11.0. The third-order valence-corrected chi connectivity index (χ3v) is 3.99. The molecule has 0 unspecified atom stereocenters. The standard InChI is InChI=1S/C18H16ClN5O/c1-12-15(19)6-4-7-16(12)24-17(25)13-9-21-18(22-10-13)23-11-14-5-2-3-8-20-14/h2-10H,11H2,1H3,(H,24,25)(H,21,22,23). The summed E-state index contributed by atoms with van der Waals surface area (Å²) >= 11 is 6.06. The van der Waals surface area contributed by atoms with Crippen molar-refractivity contribution in [3.05, 3.63) is 76.8 Å². The topological polar surface area (TPSA) is 79.8 Å². The summed E-state index contributed by atoms with van der Waals surface area (Å²) in [6.07, 6.45) is 4.68. The van der Waals surface area contributed by atoms with Gasteiger partial charge in [0.25, 0.3) is 5.91 Å². The second-order valence-corrected chi connectivity index (χ2v) is 5.74. The molecule has 0 radical (unpaired) electrons. The van der Waals surface area contributed by atoms with E-state index in [1.807, 2.05) is 25.1 Å². The second kappa shape index (κ2) is 7.72. The molecule has 1 amide bonds. The Labute approximate surface area is 150 Å². The maximum atomic E-state index is 12.3. The lowest BCUT2D eigenvalue weighted by molar-refractivity contribution is 0.102. The van der Waals surface area contributed by atoms with Gasteiger partial charge in [0.05, 0.1) is 17.8 Å². The second-order valence-electron chi connectivity index (χ2n) is 5.34. The van der Waals surface area contributed by atoms with Crippen LogP contribution in [0.15, 0.2) is 55.0 Å². The molecule has 3 aromatic rings. The largest absolute Gasteiger partial charge is 0.349 e. The number of halogens is 1. The predicted molar refractivity (Wildman–Crippen MR) is 97.7 cm³/mol. The zero-order chi connectivity index (χ0) is 17.6. The van der Waals surface area contributed by atoms with E-state index in [-0.39, 0.29) is 5.91 Å². The number of nitrogens with zero attached hydrogens (tertiary/aromatic N) is 3. The summed E-state index contributed by atoms with van der Waals surface area (Å²) < 4.78 is 0. The molecule has 0 bridgehead atoms. The van der Waals surface area contributed by atoms with E-state index >= 15 is 0 Å². The number of anilines is 2. The van der Waals surface area contributed by atoms with Crippen molar-refractivity contribution in [1.82, 2.24) is 15.0 Å². The minimum Gasteiger partial charge on any atom is -0.349 e. The van der Waals surface area contributed by atoms with Gasteiger partial charge < -0.3 is 10.6 Å². The number of carbonyl (C=O) groups is 1. The van der Waals surface area contributed by atoms with Crippen molar-refractivity contribution >= 4 is 29.1 Å². The molecule has 1 aromatic carbocycles. The summed E-state index contributed by atoms with van der Waals surface area (Å²) in [6.45, 7) is 2.35. The molecule has 0 aliphatic heterocycles. The molecule has 0 atom stereocenters. The highest BCUT2D eigenvalue weighted by molar-refractivity contribution is 6.31. The summed E-state index contributed by atoms with van der Waals surface area (Å²) in [5, 5.41) is 6.47. The van der Waals surface area contributed by atoms with Gasteiger partial charge in [-0.3, -0.25) is 9.78 Å². The number of hydrogen-bond donors (Lipinski definition) is 2. The van der Waals surface area contributed by atoms with Gasteiger partial charge in [-0.1, -0.05) is 23.7 Å². The molecule has 7 heteroatoms. The third kappa shape index (κ3) is 4.30. The molecular formula is C18H16ClN5O. The van der Waals surface area contributed by atoms with Crippen molar-refractivity contribution in [3.8, 4) is 0 Å². The molecule has 3 rings (SSSR count). The Morgan fingerprint density at radius 2 is 1.88 bits per heavy atom. The average Bonchev–Trinajstić information content (AvgIpc) is 2.65. The van der Waals surface area contributed by atoms with E-state index in [9.17, 15) is 4.79 Å². The van der Waals surface area contributed by atoms with Crippen LogP contribution in [0.2, 0.25) is 5.02 Å². The SMILES string of the molecule is Cc1c(Cl)cccc1NC(=O)c1cnc(NCc2ccccn2)nc1. The minimum absolute atomic E-state index is 0.290. The third-order valence-electron chi connectivity index (χ3n) is 3.58. The first kappa shape index (κ1) is 16.9. The van der Waals surface area contributed by atoms with Gasteiger partial charge in [-0.2, -0.15) is 0 Å². The van der Waals surface area contributed by atoms with Crippen molar-refractivity contribution in [2.24, 2.45) is 0 Å². The van der Waals surface area contributed by atoms with E-state index in [1.54, 1.807) is 24.4 Å². The number of hydrogen-bond acceptors (Lipinski definition) is 5. The van der Waals surface area contributed by atoms with Crippen LogP contribution in [0.25, 0.3) is 0 Å². The van der Waals surface area contributed by atoms with Crippen LogP contribution in [0.4, 0.5) is 11.6 Å². The van der Waals surface area contributed by atoms with Gasteiger partial charge in [-0.25, -0.2) is 9.97 Å².